The van der Waals surface area contributed by atoms with Gasteiger partial charge >= 0.3 is 6.03 Å². The molecule has 1 atom stereocenters. The molecule has 1 aliphatic carbocycles. The van der Waals surface area contributed by atoms with E-state index < -0.39 is 10.0 Å². The summed E-state index contributed by atoms with van der Waals surface area (Å²) in [4.78, 5) is 17.0. The zero-order chi connectivity index (χ0) is 20.0. The summed E-state index contributed by atoms with van der Waals surface area (Å²) in [5.74, 6) is 0. The Morgan fingerprint density at radius 1 is 1.00 bits per heavy atom. The molecule has 8 heteroatoms. The highest BCUT2D eigenvalue weighted by Gasteiger charge is 2.33. The van der Waals surface area contributed by atoms with E-state index in [0.29, 0.717) is 13.1 Å². The average molecular weight is 415 g/mol. The van der Waals surface area contributed by atoms with E-state index in [1.54, 1.807) is 4.31 Å². The lowest BCUT2D eigenvalue weighted by Gasteiger charge is -2.39. The maximum absolute atomic E-state index is 12.7. The normalized spacial score (nSPS) is 25.4. The molecule has 3 fully saturated rings. The van der Waals surface area contributed by atoms with E-state index in [1.165, 1.54) is 38.4 Å². The summed E-state index contributed by atoms with van der Waals surface area (Å²) < 4.78 is 26.5. The van der Waals surface area contributed by atoms with Crippen LogP contribution in [0.2, 0.25) is 0 Å². The Morgan fingerprint density at radius 2 is 1.71 bits per heavy atom. The van der Waals surface area contributed by atoms with Crippen LogP contribution in [0.3, 0.4) is 0 Å². The first-order valence-corrected chi connectivity index (χ1v) is 13.0. The van der Waals surface area contributed by atoms with Gasteiger partial charge in [-0.15, -0.1) is 0 Å². The number of hydrogen-bond acceptors (Lipinski definition) is 4. The van der Waals surface area contributed by atoms with Gasteiger partial charge in [0, 0.05) is 31.7 Å². The summed E-state index contributed by atoms with van der Waals surface area (Å²) in [6, 6.07) is 0.176. The molecule has 1 unspecified atom stereocenters. The third-order valence-corrected chi connectivity index (χ3v) is 7.83. The van der Waals surface area contributed by atoms with Crippen LogP contribution in [-0.4, -0.2) is 86.2 Å². The van der Waals surface area contributed by atoms with Gasteiger partial charge in [-0.3, -0.25) is 0 Å². The standard InChI is InChI=1S/C20H38N4O3S/c1-28(26,27)24(16-8-14-22-12-5-6-13-22)19-11-7-15-23(17-19)20(25)21-18-9-3-2-4-10-18/h18-19H,2-17H2,1H3,(H,21,25). The molecule has 0 radical (unpaired) electrons. The van der Waals surface area contributed by atoms with Gasteiger partial charge in [-0.25, -0.2) is 13.2 Å². The zero-order valence-corrected chi connectivity index (χ0v) is 18.3. The first-order valence-electron chi connectivity index (χ1n) is 11.2. The van der Waals surface area contributed by atoms with Crippen molar-refractivity contribution in [3.05, 3.63) is 0 Å². The molecule has 162 valence electrons. The van der Waals surface area contributed by atoms with Crippen LogP contribution in [0, 0.1) is 0 Å². The predicted molar refractivity (Wildman–Crippen MR) is 112 cm³/mol. The fraction of sp³-hybridized carbons (Fsp3) is 0.950. The van der Waals surface area contributed by atoms with Crippen LogP contribution in [0.4, 0.5) is 4.79 Å². The summed E-state index contributed by atoms with van der Waals surface area (Å²) >= 11 is 0. The maximum Gasteiger partial charge on any atom is 0.317 e. The van der Waals surface area contributed by atoms with Gasteiger partial charge in [0.15, 0.2) is 0 Å². The van der Waals surface area contributed by atoms with E-state index in [4.69, 9.17) is 0 Å². The molecule has 1 saturated carbocycles. The average Bonchev–Trinajstić information content (AvgIpc) is 3.18. The summed E-state index contributed by atoms with van der Waals surface area (Å²) in [5.41, 5.74) is 0. The van der Waals surface area contributed by atoms with Gasteiger partial charge in [0.2, 0.25) is 10.0 Å². The van der Waals surface area contributed by atoms with Crippen molar-refractivity contribution in [2.24, 2.45) is 0 Å². The number of urea groups is 1. The van der Waals surface area contributed by atoms with Crippen LogP contribution in [0.25, 0.3) is 0 Å². The molecule has 0 aromatic heterocycles. The summed E-state index contributed by atoms with van der Waals surface area (Å²) in [6.07, 6.45) is 12.1. The van der Waals surface area contributed by atoms with Crippen molar-refractivity contribution in [3.8, 4) is 0 Å². The lowest BCUT2D eigenvalue weighted by molar-refractivity contribution is 0.144. The van der Waals surface area contributed by atoms with Gasteiger partial charge in [0.1, 0.15) is 0 Å². The highest BCUT2D eigenvalue weighted by Crippen LogP contribution is 2.21. The Morgan fingerprint density at radius 3 is 2.39 bits per heavy atom. The SMILES string of the molecule is CS(=O)(=O)N(CCCN1CCCC1)C1CCCN(C(=O)NC2CCCCC2)C1. The number of carbonyl (C=O) groups excluding carboxylic acids is 1. The minimum Gasteiger partial charge on any atom is -0.335 e. The minimum atomic E-state index is -3.28. The second kappa shape index (κ2) is 10.3. The van der Waals surface area contributed by atoms with Gasteiger partial charge in [0.25, 0.3) is 0 Å². The molecular formula is C20H38N4O3S. The van der Waals surface area contributed by atoms with Crippen molar-refractivity contribution in [3.63, 3.8) is 0 Å². The Kier molecular flexibility index (Phi) is 8.00. The first kappa shape index (κ1) is 21.8. The highest BCUT2D eigenvalue weighted by atomic mass is 32.2. The van der Waals surface area contributed by atoms with E-state index in [2.05, 4.69) is 10.2 Å². The Hall–Kier alpha value is -0.860. The maximum atomic E-state index is 12.7. The van der Waals surface area contributed by atoms with Gasteiger partial charge in [-0.05, 0) is 64.6 Å². The fourth-order valence-electron chi connectivity index (χ4n) is 4.96. The van der Waals surface area contributed by atoms with E-state index in [-0.39, 0.29) is 18.1 Å². The first-order chi connectivity index (χ1) is 13.4. The van der Waals surface area contributed by atoms with Crippen molar-refractivity contribution in [2.45, 2.75) is 76.3 Å². The van der Waals surface area contributed by atoms with Crippen molar-refractivity contribution in [1.29, 1.82) is 0 Å². The second-order valence-corrected chi connectivity index (χ2v) is 10.7. The predicted octanol–water partition coefficient (Wildman–Crippen LogP) is 2.24. The van der Waals surface area contributed by atoms with Crippen LogP contribution in [-0.2, 0) is 10.0 Å². The lowest BCUT2D eigenvalue weighted by Crippen LogP contribution is -2.55. The Balaban J connectivity index is 1.53. The number of hydrogen-bond donors (Lipinski definition) is 1. The van der Waals surface area contributed by atoms with E-state index in [1.807, 2.05) is 4.90 Å². The van der Waals surface area contributed by atoms with Gasteiger partial charge in [0.05, 0.1) is 6.26 Å². The Labute approximate surface area is 170 Å². The van der Waals surface area contributed by atoms with Gasteiger partial charge in [-0.2, -0.15) is 4.31 Å². The molecule has 0 bridgehead atoms. The van der Waals surface area contributed by atoms with E-state index in [0.717, 1.165) is 58.3 Å². The molecule has 2 aliphatic heterocycles. The molecule has 7 nitrogen and oxygen atoms in total. The molecular weight excluding hydrogens is 376 g/mol. The van der Waals surface area contributed by atoms with Crippen LogP contribution < -0.4 is 5.32 Å². The van der Waals surface area contributed by atoms with Crippen molar-refractivity contribution < 1.29 is 13.2 Å². The summed E-state index contributed by atoms with van der Waals surface area (Å²) in [7, 11) is -3.28. The number of likely N-dealkylation sites (tertiary alicyclic amines) is 2. The summed E-state index contributed by atoms with van der Waals surface area (Å²) in [5, 5.41) is 3.18. The number of nitrogens with one attached hydrogen (secondary N) is 1. The third kappa shape index (κ3) is 6.32. The highest BCUT2D eigenvalue weighted by molar-refractivity contribution is 7.88. The quantitative estimate of drug-likeness (QED) is 0.693. The zero-order valence-electron chi connectivity index (χ0n) is 17.4. The molecule has 3 aliphatic rings. The number of piperidine rings is 1. The number of amides is 2. The van der Waals surface area contributed by atoms with E-state index >= 15 is 0 Å². The molecule has 0 spiro atoms. The van der Waals surface area contributed by atoms with Crippen LogP contribution >= 0.6 is 0 Å². The van der Waals surface area contributed by atoms with Crippen LogP contribution in [0.1, 0.15) is 64.2 Å². The molecule has 0 aromatic rings. The number of carbonyl (C=O) groups is 1. The Bertz CT molecular complexity index is 601. The third-order valence-electron chi connectivity index (χ3n) is 6.50. The monoisotopic (exact) mass is 414 g/mol. The molecule has 1 N–H and O–H groups in total. The van der Waals surface area contributed by atoms with Crippen molar-refractivity contribution in [1.82, 2.24) is 19.4 Å². The topological polar surface area (TPSA) is 73.0 Å². The molecule has 0 aromatic carbocycles. The smallest absolute Gasteiger partial charge is 0.317 e. The van der Waals surface area contributed by atoms with Crippen LogP contribution in [0.15, 0.2) is 0 Å². The number of rotatable bonds is 7. The second-order valence-electron chi connectivity index (χ2n) is 8.80. The number of sulfonamides is 1. The minimum absolute atomic E-state index is 0.0119. The molecule has 3 rings (SSSR count). The van der Waals surface area contributed by atoms with Crippen molar-refractivity contribution in [2.75, 3.05) is 45.5 Å². The van der Waals surface area contributed by atoms with Gasteiger partial charge in [-0.1, -0.05) is 19.3 Å². The molecule has 2 amide bonds. The van der Waals surface area contributed by atoms with Gasteiger partial charge < -0.3 is 15.1 Å². The molecule has 2 saturated heterocycles. The largest absolute Gasteiger partial charge is 0.335 e. The van der Waals surface area contributed by atoms with Crippen LogP contribution in [0.5, 0.6) is 0 Å². The fourth-order valence-corrected chi connectivity index (χ4v) is 6.14. The molecule has 2 heterocycles. The van der Waals surface area contributed by atoms with Crippen molar-refractivity contribution >= 4 is 16.1 Å². The molecule has 28 heavy (non-hydrogen) atoms. The lowest BCUT2D eigenvalue weighted by atomic mass is 9.95. The van der Waals surface area contributed by atoms with E-state index in [9.17, 15) is 13.2 Å². The summed E-state index contributed by atoms with van der Waals surface area (Å²) in [6.45, 7) is 5.02. The number of nitrogens with zero attached hydrogens (tertiary/aromatic N) is 3.